The van der Waals surface area contributed by atoms with Crippen molar-refractivity contribution >= 4 is 23.2 Å². The number of hydrogen-bond donors (Lipinski definition) is 2. The summed E-state index contributed by atoms with van der Waals surface area (Å²) in [6.45, 7) is 1.86. The van der Waals surface area contributed by atoms with Crippen LogP contribution in [0, 0.1) is 0 Å². The number of amides is 1. The van der Waals surface area contributed by atoms with Gasteiger partial charge >= 0.3 is 0 Å². The normalized spacial score (nSPS) is 11.2. The third-order valence-corrected chi connectivity index (χ3v) is 3.55. The second-order valence-electron chi connectivity index (χ2n) is 5.12. The molecule has 0 aromatic heterocycles. The monoisotopic (exact) mass is 344 g/mol. The molecular weight excluding hydrogens is 324 g/mol. The first-order valence-corrected chi connectivity index (χ1v) is 7.91. The van der Waals surface area contributed by atoms with Crippen molar-refractivity contribution in [2.24, 2.45) is 0 Å². The summed E-state index contributed by atoms with van der Waals surface area (Å²) >= 11 is 5.16. The van der Waals surface area contributed by atoms with Gasteiger partial charge in [-0.05, 0) is 49.0 Å². The molecule has 6 heteroatoms. The van der Waals surface area contributed by atoms with Crippen LogP contribution in [0.2, 0.25) is 0 Å². The van der Waals surface area contributed by atoms with Crippen LogP contribution in [0.15, 0.2) is 54.6 Å². The van der Waals surface area contributed by atoms with Crippen molar-refractivity contribution in [2.75, 3.05) is 13.7 Å². The molecule has 2 aromatic rings. The molecule has 2 N–H and O–H groups in total. The van der Waals surface area contributed by atoms with Crippen LogP contribution in [0.1, 0.15) is 18.5 Å². The molecule has 0 aliphatic carbocycles. The lowest BCUT2D eigenvalue weighted by atomic mass is 10.1. The third kappa shape index (κ3) is 5.55. The van der Waals surface area contributed by atoms with Crippen molar-refractivity contribution in [3.05, 3.63) is 60.2 Å². The molecule has 0 aliphatic heterocycles. The molecule has 0 aliphatic rings. The van der Waals surface area contributed by atoms with E-state index in [2.05, 4.69) is 10.6 Å². The SMILES string of the molecule is COc1ccc(OCC(=O)NC(=S)NC(C)c2ccccc2)cc1. The van der Waals surface area contributed by atoms with Crippen molar-refractivity contribution in [3.63, 3.8) is 0 Å². The Balaban J connectivity index is 1.76. The van der Waals surface area contributed by atoms with Crippen molar-refractivity contribution in [1.82, 2.24) is 10.6 Å². The molecule has 0 saturated heterocycles. The van der Waals surface area contributed by atoms with E-state index in [1.165, 1.54) is 0 Å². The zero-order valence-corrected chi connectivity index (χ0v) is 14.4. The summed E-state index contributed by atoms with van der Waals surface area (Å²) in [4.78, 5) is 11.9. The lowest BCUT2D eigenvalue weighted by Crippen LogP contribution is -2.42. The zero-order valence-electron chi connectivity index (χ0n) is 13.6. The van der Waals surface area contributed by atoms with Gasteiger partial charge in [-0.25, -0.2) is 0 Å². The fraction of sp³-hybridized carbons (Fsp3) is 0.222. The fourth-order valence-electron chi connectivity index (χ4n) is 2.04. The van der Waals surface area contributed by atoms with E-state index in [-0.39, 0.29) is 23.7 Å². The van der Waals surface area contributed by atoms with Crippen LogP contribution in [-0.4, -0.2) is 24.7 Å². The predicted octanol–water partition coefficient (Wildman–Crippen LogP) is 2.83. The summed E-state index contributed by atoms with van der Waals surface area (Å²) < 4.78 is 10.5. The molecule has 0 saturated carbocycles. The Kier molecular flexibility index (Phi) is 6.57. The van der Waals surface area contributed by atoms with Crippen LogP contribution in [-0.2, 0) is 4.79 Å². The van der Waals surface area contributed by atoms with Crippen LogP contribution in [0.5, 0.6) is 11.5 Å². The second-order valence-corrected chi connectivity index (χ2v) is 5.53. The van der Waals surface area contributed by atoms with Crippen molar-refractivity contribution in [1.29, 1.82) is 0 Å². The highest BCUT2D eigenvalue weighted by atomic mass is 32.1. The quantitative estimate of drug-likeness (QED) is 0.789. The number of thiocarbonyl (C=S) groups is 1. The molecule has 24 heavy (non-hydrogen) atoms. The molecule has 0 radical (unpaired) electrons. The number of carbonyl (C=O) groups excluding carboxylic acids is 1. The van der Waals surface area contributed by atoms with E-state index in [9.17, 15) is 4.79 Å². The minimum Gasteiger partial charge on any atom is -0.497 e. The minimum absolute atomic E-state index is 0.00139. The topological polar surface area (TPSA) is 59.6 Å². The first kappa shape index (κ1) is 17.7. The van der Waals surface area contributed by atoms with Crippen LogP contribution in [0.4, 0.5) is 0 Å². The Hall–Kier alpha value is -2.60. The van der Waals surface area contributed by atoms with Gasteiger partial charge < -0.3 is 20.1 Å². The summed E-state index contributed by atoms with van der Waals surface area (Å²) in [5.41, 5.74) is 1.09. The molecular formula is C18H20N2O3S. The van der Waals surface area contributed by atoms with Crippen LogP contribution in [0.3, 0.4) is 0 Å². The first-order valence-electron chi connectivity index (χ1n) is 7.50. The predicted molar refractivity (Wildman–Crippen MR) is 97.2 cm³/mol. The fourth-order valence-corrected chi connectivity index (χ4v) is 2.33. The molecule has 2 rings (SSSR count). The zero-order chi connectivity index (χ0) is 17.4. The van der Waals surface area contributed by atoms with Crippen LogP contribution in [0.25, 0.3) is 0 Å². The number of methoxy groups -OCH3 is 1. The second kappa shape index (κ2) is 8.88. The van der Waals surface area contributed by atoms with Crippen LogP contribution >= 0.6 is 12.2 Å². The van der Waals surface area contributed by atoms with Gasteiger partial charge in [-0.2, -0.15) is 0 Å². The minimum atomic E-state index is -0.316. The molecule has 2 aromatic carbocycles. The number of hydrogen-bond acceptors (Lipinski definition) is 4. The maximum absolute atomic E-state index is 11.9. The molecule has 1 unspecified atom stereocenters. The highest BCUT2D eigenvalue weighted by Gasteiger charge is 2.09. The van der Waals surface area contributed by atoms with Gasteiger partial charge in [-0.1, -0.05) is 30.3 Å². The Bertz CT molecular complexity index is 674. The summed E-state index contributed by atoms with van der Waals surface area (Å²) in [7, 11) is 1.59. The number of benzene rings is 2. The van der Waals surface area contributed by atoms with Crippen LogP contribution < -0.4 is 20.1 Å². The molecule has 0 fully saturated rings. The van der Waals surface area contributed by atoms with E-state index in [0.717, 1.165) is 11.3 Å². The van der Waals surface area contributed by atoms with E-state index >= 15 is 0 Å². The van der Waals surface area contributed by atoms with E-state index in [1.54, 1.807) is 31.4 Å². The lowest BCUT2D eigenvalue weighted by molar-refractivity contribution is -0.121. The average Bonchev–Trinajstić information content (AvgIpc) is 2.61. The molecule has 1 atom stereocenters. The Morgan fingerprint density at radius 1 is 1.08 bits per heavy atom. The van der Waals surface area contributed by atoms with Gasteiger partial charge in [0.1, 0.15) is 11.5 Å². The standard InChI is InChI=1S/C18H20N2O3S/c1-13(14-6-4-3-5-7-14)19-18(24)20-17(21)12-23-16-10-8-15(22-2)9-11-16/h3-11,13H,12H2,1-2H3,(H2,19,20,21,24). The summed E-state index contributed by atoms with van der Waals surface area (Å²) in [6.07, 6.45) is 0. The van der Waals surface area contributed by atoms with Gasteiger partial charge in [-0.3, -0.25) is 4.79 Å². The molecule has 0 bridgehead atoms. The number of ether oxygens (including phenoxy) is 2. The molecule has 0 spiro atoms. The maximum atomic E-state index is 11.9. The number of nitrogens with one attached hydrogen (secondary N) is 2. The van der Waals surface area contributed by atoms with Gasteiger partial charge in [0.15, 0.2) is 11.7 Å². The highest BCUT2D eigenvalue weighted by Crippen LogP contribution is 2.16. The van der Waals surface area contributed by atoms with E-state index < -0.39 is 0 Å². The Morgan fingerprint density at radius 3 is 2.33 bits per heavy atom. The van der Waals surface area contributed by atoms with Gasteiger partial charge in [0, 0.05) is 0 Å². The highest BCUT2D eigenvalue weighted by molar-refractivity contribution is 7.80. The van der Waals surface area contributed by atoms with E-state index in [1.807, 2.05) is 37.3 Å². The Labute approximate surface area is 147 Å². The summed E-state index contributed by atoms with van der Waals surface area (Å²) in [5, 5.41) is 5.95. The lowest BCUT2D eigenvalue weighted by Gasteiger charge is -2.16. The van der Waals surface area contributed by atoms with Gasteiger partial charge in [0.05, 0.1) is 13.2 Å². The van der Waals surface area contributed by atoms with E-state index in [0.29, 0.717) is 5.75 Å². The van der Waals surface area contributed by atoms with E-state index in [4.69, 9.17) is 21.7 Å². The average molecular weight is 344 g/mol. The number of carbonyl (C=O) groups is 1. The largest absolute Gasteiger partial charge is 0.497 e. The number of rotatable bonds is 6. The Morgan fingerprint density at radius 2 is 1.71 bits per heavy atom. The van der Waals surface area contributed by atoms with Crippen molar-refractivity contribution in [3.8, 4) is 11.5 Å². The molecule has 5 nitrogen and oxygen atoms in total. The first-order chi connectivity index (χ1) is 11.6. The molecule has 126 valence electrons. The smallest absolute Gasteiger partial charge is 0.264 e. The summed E-state index contributed by atoms with van der Waals surface area (Å²) in [6, 6.07) is 16.9. The molecule has 1 amide bonds. The third-order valence-electron chi connectivity index (χ3n) is 3.33. The van der Waals surface area contributed by atoms with Gasteiger partial charge in [-0.15, -0.1) is 0 Å². The van der Waals surface area contributed by atoms with Crippen molar-refractivity contribution in [2.45, 2.75) is 13.0 Å². The van der Waals surface area contributed by atoms with Crippen molar-refractivity contribution < 1.29 is 14.3 Å². The maximum Gasteiger partial charge on any atom is 0.264 e. The van der Waals surface area contributed by atoms with Gasteiger partial charge in [0.25, 0.3) is 5.91 Å². The van der Waals surface area contributed by atoms with Gasteiger partial charge in [0.2, 0.25) is 0 Å². The molecule has 0 heterocycles. The summed E-state index contributed by atoms with van der Waals surface area (Å²) in [5.74, 6) is 0.998.